The van der Waals surface area contributed by atoms with Crippen LogP contribution in [0.5, 0.6) is 5.75 Å². The minimum atomic E-state index is -0.962. The first kappa shape index (κ1) is 18.8. The number of thioether (sulfide) groups is 1. The highest BCUT2D eigenvalue weighted by Crippen LogP contribution is 2.21. The molecular weight excluding hydrogens is 345 g/mol. The van der Waals surface area contributed by atoms with Crippen molar-refractivity contribution < 1.29 is 23.5 Å². The van der Waals surface area contributed by atoms with E-state index in [1.54, 1.807) is 49.6 Å². The van der Waals surface area contributed by atoms with Crippen LogP contribution < -0.4 is 10.1 Å². The summed E-state index contributed by atoms with van der Waals surface area (Å²) in [5, 5.41) is 2.64. The predicted octanol–water partition coefficient (Wildman–Crippen LogP) is 3.50. The lowest BCUT2D eigenvalue weighted by molar-refractivity contribution is -0.150. The van der Waals surface area contributed by atoms with Crippen molar-refractivity contribution in [3.8, 4) is 5.75 Å². The zero-order valence-electron chi connectivity index (χ0n) is 13.8. The second-order valence-corrected chi connectivity index (χ2v) is 6.09. The number of anilines is 1. The van der Waals surface area contributed by atoms with Gasteiger partial charge in [-0.25, -0.2) is 4.39 Å². The Kier molecular flexibility index (Phi) is 6.82. The molecule has 0 saturated carbocycles. The zero-order chi connectivity index (χ0) is 18.2. The topological polar surface area (TPSA) is 64.6 Å². The van der Waals surface area contributed by atoms with Crippen molar-refractivity contribution in [3.63, 3.8) is 0 Å². The molecule has 2 aromatic rings. The normalized spacial score (nSPS) is 11.5. The number of carbonyl (C=O) groups is 2. The average Bonchev–Trinajstić information content (AvgIpc) is 2.61. The predicted molar refractivity (Wildman–Crippen MR) is 94.3 cm³/mol. The van der Waals surface area contributed by atoms with E-state index in [9.17, 15) is 14.0 Å². The van der Waals surface area contributed by atoms with Gasteiger partial charge in [0.05, 0.1) is 12.9 Å². The summed E-state index contributed by atoms with van der Waals surface area (Å²) in [7, 11) is 1.55. The Balaban J connectivity index is 1.81. The Morgan fingerprint density at radius 3 is 2.48 bits per heavy atom. The first-order chi connectivity index (χ1) is 12.0. The lowest BCUT2D eigenvalue weighted by Gasteiger charge is -2.13. The molecule has 1 N–H and O–H groups in total. The van der Waals surface area contributed by atoms with Gasteiger partial charge < -0.3 is 14.8 Å². The Hall–Kier alpha value is -2.54. The Morgan fingerprint density at radius 1 is 1.16 bits per heavy atom. The van der Waals surface area contributed by atoms with Crippen molar-refractivity contribution in [2.24, 2.45) is 0 Å². The van der Waals surface area contributed by atoms with Crippen LogP contribution in [0.25, 0.3) is 0 Å². The molecule has 0 aliphatic rings. The van der Waals surface area contributed by atoms with E-state index in [0.717, 1.165) is 11.8 Å². The van der Waals surface area contributed by atoms with Crippen molar-refractivity contribution >= 4 is 29.3 Å². The van der Waals surface area contributed by atoms with Gasteiger partial charge in [-0.3, -0.25) is 9.59 Å². The van der Waals surface area contributed by atoms with Crippen LogP contribution in [0.3, 0.4) is 0 Å². The van der Waals surface area contributed by atoms with Crippen LogP contribution in [-0.4, -0.2) is 30.8 Å². The van der Waals surface area contributed by atoms with Crippen molar-refractivity contribution in [1.29, 1.82) is 0 Å². The zero-order valence-corrected chi connectivity index (χ0v) is 14.6. The largest absolute Gasteiger partial charge is 0.497 e. The van der Waals surface area contributed by atoms with Gasteiger partial charge >= 0.3 is 5.97 Å². The number of hydrogen-bond acceptors (Lipinski definition) is 5. The van der Waals surface area contributed by atoms with Gasteiger partial charge in [-0.2, -0.15) is 0 Å². The molecule has 2 rings (SSSR count). The third-order valence-corrected chi connectivity index (χ3v) is 4.24. The number of nitrogens with one attached hydrogen (secondary N) is 1. The molecule has 0 spiro atoms. The lowest BCUT2D eigenvalue weighted by atomic mass is 10.3. The fraction of sp³-hybridized carbons (Fsp3) is 0.222. The molecule has 25 heavy (non-hydrogen) atoms. The van der Waals surface area contributed by atoms with Gasteiger partial charge in [-0.1, -0.05) is 12.1 Å². The molecule has 1 atom stereocenters. The molecule has 132 valence electrons. The van der Waals surface area contributed by atoms with E-state index >= 15 is 0 Å². The summed E-state index contributed by atoms with van der Waals surface area (Å²) in [5.74, 6) is -0.852. The lowest BCUT2D eigenvalue weighted by Crippen LogP contribution is -2.30. The standard InChI is InChI=1S/C18H18FNO4S/c1-12(18(22)20-13-7-9-14(23-2)10-8-13)24-17(21)11-25-16-6-4-3-5-15(16)19/h3-10,12H,11H2,1-2H3,(H,20,22)/t12-/m1/s1. The molecule has 0 fully saturated rings. The summed E-state index contributed by atoms with van der Waals surface area (Å²) < 4.78 is 23.6. The van der Waals surface area contributed by atoms with Crippen molar-refractivity contribution in [2.75, 3.05) is 18.2 Å². The molecule has 7 heteroatoms. The van der Waals surface area contributed by atoms with E-state index in [-0.39, 0.29) is 5.75 Å². The first-order valence-electron chi connectivity index (χ1n) is 7.51. The van der Waals surface area contributed by atoms with Crippen LogP contribution >= 0.6 is 11.8 Å². The van der Waals surface area contributed by atoms with E-state index in [0.29, 0.717) is 16.3 Å². The number of ether oxygens (including phenoxy) is 2. The maximum atomic E-state index is 13.5. The fourth-order valence-corrected chi connectivity index (χ4v) is 2.62. The smallest absolute Gasteiger partial charge is 0.317 e. The summed E-state index contributed by atoms with van der Waals surface area (Å²) in [6.45, 7) is 1.48. The van der Waals surface area contributed by atoms with Crippen LogP contribution in [0.4, 0.5) is 10.1 Å². The summed E-state index contributed by atoms with van der Waals surface area (Å²) in [5.41, 5.74) is 0.564. The van der Waals surface area contributed by atoms with Crippen molar-refractivity contribution in [1.82, 2.24) is 0 Å². The Bertz CT molecular complexity index is 736. The molecule has 1 amide bonds. The van der Waals surface area contributed by atoms with Crippen LogP contribution in [0.15, 0.2) is 53.4 Å². The molecule has 0 aliphatic heterocycles. The Labute approximate surface area is 149 Å². The fourth-order valence-electron chi connectivity index (χ4n) is 1.90. The highest BCUT2D eigenvalue weighted by Gasteiger charge is 2.18. The molecule has 0 unspecified atom stereocenters. The van der Waals surface area contributed by atoms with Gasteiger partial charge in [0.15, 0.2) is 6.10 Å². The van der Waals surface area contributed by atoms with E-state index < -0.39 is 23.8 Å². The highest BCUT2D eigenvalue weighted by atomic mass is 32.2. The summed E-state index contributed by atoms with van der Waals surface area (Å²) >= 11 is 1.02. The van der Waals surface area contributed by atoms with Gasteiger partial charge in [-0.15, -0.1) is 11.8 Å². The SMILES string of the molecule is COc1ccc(NC(=O)[C@@H](C)OC(=O)CSc2ccccc2F)cc1. The molecule has 0 radical (unpaired) electrons. The number of rotatable bonds is 7. The van der Waals surface area contributed by atoms with Gasteiger partial charge in [0.25, 0.3) is 5.91 Å². The van der Waals surface area contributed by atoms with Crippen LogP contribution in [-0.2, 0) is 14.3 Å². The minimum absolute atomic E-state index is 0.0823. The quantitative estimate of drug-likeness (QED) is 0.603. The molecule has 0 heterocycles. The van der Waals surface area contributed by atoms with Crippen LogP contribution in [0, 0.1) is 5.82 Å². The molecule has 0 aromatic heterocycles. The summed E-state index contributed by atoms with van der Waals surface area (Å²) in [6, 6.07) is 12.9. The van der Waals surface area contributed by atoms with Crippen molar-refractivity contribution in [2.45, 2.75) is 17.9 Å². The van der Waals surface area contributed by atoms with Crippen molar-refractivity contribution in [3.05, 3.63) is 54.3 Å². The number of benzene rings is 2. The second-order valence-electron chi connectivity index (χ2n) is 5.07. The van der Waals surface area contributed by atoms with Gasteiger partial charge in [0, 0.05) is 10.6 Å². The molecular formula is C18H18FNO4S. The third-order valence-electron chi connectivity index (χ3n) is 3.22. The van der Waals surface area contributed by atoms with E-state index in [4.69, 9.17) is 9.47 Å². The van der Waals surface area contributed by atoms with Gasteiger partial charge in [0.1, 0.15) is 11.6 Å². The minimum Gasteiger partial charge on any atom is -0.497 e. The molecule has 2 aromatic carbocycles. The number of amides is 1. The maximum absolute atomic E-state index is 13.5. The van der Waals surface area contributed by atoms with E-state index in [1.165, 1.54) is 13.0 Å². The maximum Gasteiger partial charge on any atom is 0.317 e. The Morgan fingerprint density at radius 2 is 1.84 bits per heavy atom. The van der Waals surface area contributed by atoms with E-state index in [1.807, 2.05) is 0 Å². The first-order valence-corrected chi connectivity index (χ1v) is 8.50. The number of methoxy groups -OCH3 is 1. The van der Waals surface area contributed by atoms with Gasteiger partial charge in [0.2, 0.25) is 0 Å². The summed E-state index contributed by atoms with van der Waals surface area (Å²) in [4.78, 5) is 24.2. The average molecular weight is 363 g/mol. The number of hydrogen-bond donors (Lipinski definition) is 1. The number of halogens is 1. The molecule has 5 nitrogen and oxygen atoms in total. The molecule has 0 aliphatic carbocycles. The molecule has 0 bridgehead atoms. The number of esters is 1. The highest BCUT2D eigenvalue weighted by molar-refractivity contribution is 8.00. The second kappa shape index (κ2) is 9.08. The third kappa shape index (κ3) is 5.79. The van der Waals surface area contributed by atoms with E-state index in [2.05, 4.69) is 5.32 Å². The van der Waals surface area contributed by atoms with Gasteiger partial charge in [-0.05, 0) is 43.3 Å². The monoisotopic (exact) mass is 363 g/mol. The molecule has 0 saturated heterocycles. The van der Waals surface area contributed by atoms with Crippen LogP contribution in [0.1, 0.15) is 6.92 Å². The summed E-state index contributed by atoms with van der Waals surface area (Å²) in [6.07, 6.45) is -0.962. The van der Waals surface area contributed by atoms with Crippen LogP contribution in [0.2, 0.25) is 0 Å². The number of carbonyl (C=O) groups excluding carboxylic acids is 2.